The Bertz CT molecular complexity index is 2330. The van der Waals surface area contributed by atoms with Crippen molar-refractivity contribution in [3.8, 4) is 11.4 Å². The number of nitrogens with zero attached hydrogens (tertiary/aromatic N) is 4. The number of hydrogen-bond acceptors (Lipinski definition) is 4. The van der Waals surface area contributed by atoms with Crippen LogP contribution in [0.4, 0.5) is 0 Å². The predicted octanol–water partition coefficient (Wildman–Crippen LogP) is 8.14. The van der Waals surface area contributed by atoms with Crippen molar-refractivity contribution in [2.75, 3.05) is 0 Å². The molecular weight excluding hydrogens is 565 g/mol. The lowest BCUT2D eigenvalue weighted by Crippen LogP contribution is -2.30. The molecule has 44 heavy (non-hydrogen) atoms. The van der Waals surface area contributed by atoms with E-state index in [2.05, 4.69) is 69.3 Å². The lowest BCUT2D eigenvalue weighted by atomic mass is 9.77. The van der Waals surface area contributed by atoms with Crippen molar-refractivity contribution < 1.29 is 8.42 Å². The van der Waals surface area contributed by atoms with Gasteiger partial charge in [0.25, 0.3) is 0 Å². The Balaban J connectivity index is 1.29. The Morgan fingerprint density at radius 3 is 1.45 bits per heavy atom. The summed E-state index contributed by atoms with van der Waals surface area (Å²) in [5.74, 6) is 0. The molecule has 0 radical (unpaired) electrons. The first-order chi connectivity index (χ1) is 21.4. The minimum Gasteiger partial charge on any atom is -0.309 e. The van der Waals surface area contributed by atoms with Crippen LogP contribution in [0.5, 0.6) is 0 Å². The van der Waals surface area contributed by atoms with E-state index in [-0.39, 0.29) is 0 Å². The molecule has 4 aromatic heterocycles. The number of sulfone groups is 1. The molecule has 0 aliphatic carbocycles. The van der Waals surface area contributed by atoms with Crippen LogP contribution in [0.15, 0.2) is 132 Å². The van der Waals surface area contributed by atoms with E-state index < -0.39 is 15.3 Å². The van der Waals surface area contributed by atoms with Gasteiger partial charge in [-0.3, -0.25) is 9.97 Å². The highest BCUT2D eigenvalue weighted by Crippen LogP contribution is 2.48. The number of pyridine rings is 2. The van der Waals surface area contributed by atoms with Crippen molar-refractivity contribution in [3.63, 3.8) is 0 Å². The van der Waals surface area contributed by atoms with Crippen LogP contribution in [0.25, 0.3) is 55.0 Å². The molecule has 0 spiro atoms. The molecule has 0 saturated carbocycles. The van der Waals surface area contributed by atoms with Crippen molar-refractivity contribution in [3.05, 3.63) is 133 Å². The maximum absolute atomic E-state index is 14.2. The second kappa shape index (κ2) is 8.65. The first-order valence-electron chi connectivity index (χ1n) is 14.6. The predicted molar refractivity (Wildman–Crippen MR) is 175 cm³/mol. The Hall–Kier alpha value is -5.27. The van der Waals surface area contributed by atoms with Gasteiger partial charge in [-0.1, -0.05) is 50.2 Å². The number of rotatable bonds is 2. The summed E-state index contributed by atoms with van der Waals surface area (Å²) in [5.41, 5.74) is 6.96. The van der Waals surface area contributed by atoms with Crippen LogP contribution in [-0.2, 0) is 15.3 Å². The van der Waals surface area contributed by atoms with Crippen molar-refractivity contribution in [2.24, 2.45) is 0 Å². The molecule has 0 atom stereocenters. The van der Waals surface area contributed by atoms with E-state index >= 15 is 0 Å². The summed E-state index contributed by atoms with van der Waals surface area (Å²) in [4.78, 5) is 9.47. The van der Waals surface area contributed by atoms with Crippen LogP contribution >= 0.6 is 0 Å². The van der Waals surface area contributed by atoms with Crippen molar-refractivity contribution >= 4 is 53.4 Å². The minimum absolute atomic E-state index is 0.358. The molecule has 0 amide bonds. The van der Waals surface area contributed by atoms with E-state index in [1.54, 1.807) is 24.5 Å². The van der Waals surface area contributed by atoms with Gasteiger partial charge < -0.3 is 9.13 Å². The van der Waals surface area contributed by atoms with Crippen molar-refractivity contribution in [2.45, 2.75) is 29.1 Å². The molecule has 0 bridgehead atoms. The number of aromatic nitrogens is 4. The Morgan fingerprint density at radius 1 is 0.545 bits per heavy atom. The lowest BCUT2D eigenvalue weighted by molar-refractivity contribution is 0.555. The summed E-state index contributed by atoms with van der Waals surface area (Å²) in [6, 6.07) is 32.1. The first kappa shape index (κ1) is 25.2. The molecule has 0 N–H and O–H groups in total. The largest absolute Gasteiger partial charge is 0.309 e. The maximum atomic E-state index is 14.2. The smallest absolute Gasteiger partial charge is 0.207 e. The summed E-state index contributed by atoms with van der Waals surface area (Å²) in [6.45, 7) is 4.25. The van der Waals surface area contributed by atoms with Crippen LogP contribution in [-0.4, -0.2) is 27.5 Å². The van der Waals surface area contributed by atoms with Gasteiger partial charge in [0.1, 0.15) is 0 Å². The molecule has 0 saturated heterocycles. The molecule has 5 heterocycles. The monoisotopic (exact) mass is 590 g/mol. The zero-order valence-corrected chi connectivity index (χ0v) is 24.9. The van der Waals surface area contributed by atoms with E-state index in [9.17, 15) is 8.42 Å². The fourth-order valence-corrected chi connectivity index (χ4v) is 9.15. The van der Waals surface area contributed by atoms with Gasteiger partial charge in [-0.05, 0) is 71.8 Å². The molecule has 7 heteroatoms. The van der Waals surface area contributed by atoms with Crippen LogP contribution < -0.4 is 0 Å². The van der Waals surface area contributed by atoms with Gasteiger partial charge in [0, 0.05) is 63.1 Å². The van der Waals surface area contributed by atoms with E-state index in [1.165, 1.54) is 0 Å². The third kappa shape index (κ3) is 3.22. The first-order valence-corrected chi connectivity index (χ1v) is 16.1. The third-order valence-corrected chi connectivity index (χ3v) is 11.2. The molecule has 1 aliphatic rings. The van der Waals surface area contributed by atoms with Crippen LogP contribution in [0, 0.1) is 0 Å². The molecule has 8 aromatic rings. The van der Waals surface area contributed by atoms with Gasteiger partial charge in [0.2, 0.25) is 9.84 Å². The Morgan fingerprint density at radius 2 is 0.977 bits per heavy atom. The molecule has 0 unspecified atom stereocenters. The maximum Gasteiger partial charge on any atom is 0.207 e. The minimum atomic E-state index is -3.75. The molecule has 6 nitrogen and oxygen atoms in total. The Labute approximate surface area is 253 Å². The second-order valence-electron chi connectivity index (χ2n) is 12.0. The number of para-hydroxylation sites is 2. The van der Waals surface area contributed by atoms with Crippen molar-refractivity contribution in [1.82, 2.24) is 19.1 Å². The van der Waals surface area contributed by atoms with Crippen LogP contribution in [0.2, 0.25) is 0 Å². The summed E-state index contributed by atoms with van der Waals surface area (Å²) in [5, 5.41) is 4.33. The van der Waals surface area contributed by atoms with E-state index in [0.717, 1.165) is 66.1 Å². The zero-order valence-electron chi connectivity index (χ0n) is 24.1. The van der Waals surface area contributed by atoms with Gasteiger partial charge >= 0.3 is 0 Å². The highest BCUT2D eigenvalue weighted by molar-refractivity contribution is 7.91. The van der Waals surface area contributed by atoms with Gasteiger partial charge in [0.05, 0.1) is 31.9 Å². The van der Waals surface area contributed by atoms with E-state index in [4.69, 9.17) is 0 Å². The lowest BCUT2D eigenvalue weighted by Gasteiger charge is -2.35. The molecular formula is C37H26N4O2S. The molecule has 212 valence electrons. The summed E-state index contributed by atoms with van der Waals surface area (Å²) < 4.78 is 32.8. The van der Waals surface area contributed by atoms with Gasteiger partial charge in [0.15, 0.2) is 0 Å². The van der Waals surface area contributed by atoms with Crippen molar-refractivity contribution in [1.29, 1.82) is 0 Å². The summed E-state index contributed by atoms with van der Waals surface area (Å²) in [6.07, 6.45) is 7.38. The fourth-order valence-electron chi connectivity index (χ4n) is 7.21. The molecule has 0 fully saturated rings. The van der Waals surface area contributed by atoms with Crippen LogP contribution in [0.1, 0.15) is 25.0 Å². The normalized spacial score (nSPS) is 15.1. The number of benzene rings is 4. The SMILES string of the molecule is CC1(C)c2cc(-n3c4ccccc4c4cnccc43)ccc2S(=O)(=O)c2ccc(-n3c4ccccc4c4cnccc43)cc21. The number of hydrogen-bond donors (Lipinski definition) is 0. The Kier molecular flexibility index (Phi) is 4.96. The van der Waals surface area contributed by atoms with Gasteiger partial charge in [-0.15, -0.1) is 0 Å². The topological polar surface area (TPSA) is 69.8 Å². The molecule has 9 rings (SSSR count). The van der Waals surface area contributed by atoms with E-state index in [1.807, 2.05) is 60.9 Å². The average molecular weight is 591 g/mol. The second-order valence-corrected chi connectivity index (χ2v) is 13.9. The average Bonchev–Trinajstić information content (AvgIpc) is 3.57. The van der Waals surface area contributed by atoms with Gasteiger partial charge in [-0.2, -0.15) is 0 Å². The highest BCUT2D eigenvalue weighted by atomic mass is 32.2. The molecule has 1 aliphatic heterocycles. The van der Waals surface area contributed by atoms with E-state index in [0.29, 0.717) is 9.79 Å². The van der Waals surface area contributed by atoms with Crippen LogP contribution in [0.3, 0.4) is 0 Å². The fraction of sp³-hybridized carbons (Fsp3) is 0.0811. The zero-order chi connectivity index (χ0) is 29.8. The standard InChI is InChI=1S/C37H26N4O2S/c1-37(2)29-19-23(40-31-9-5-3-7-25(31)27-21-38-17-15-33(27)40)11-13-35(29)44(42,43)36-14-12-24(20-30(36)37)41-32-10-6-4-8-26(32)28-22-39-18-16-34(28)41/h3-22H,1-2H3. The van der Waals surface area contributed by atoms with Gasteiger partial charge in [-0.25, -0.2) is 8.42 Å². The highest BCUT2D eigenvalue weighted by Gasteiger charge is 2.41. The summed E-state index contributed by atoms with van der Waals surface area (Å²) >= 11 is 0. The molecule has 4 aromatic carbocycles. The third-order valence-electron chi connectivity index (χ3n) is 9.32. The quantitative estimate of drug-likeness (QED) is 0.204. The summed E-state index contributed by atoms with van der Waals surface area (Å²) in [7, 11) is -3.75. The number of fused-ring (bicyclic) bond motifs is 8.